The highest BCUT2D eigenvalue weighted by molar-refractivity contribution is 7.89. The van der Waals surface area contributed by atoms with Crippen LogP contribution in [0, 0.1) is 12.8 Å². The first-order valence-corrected chi connectivity index (χ1v) is 13.3. The number of likely N-dealkylation sites (tertiary alicyclic amines) is 1. The molecule has 2 rings (SSSR count). The first-order valence-electron chi connectivity index (χ1n) is 11.7. The van der Waals surface area contributed by atoms with Crippen LogP contribution >= 0.6 is 0 Å². The Bertz CT molecular complexity index is 892. The number of rotatable bonds is 9. The number of aryl methyl sites for hydroxylation is 1. The summed E-state index contributed by atoms with van der Waals surface area (Å²) in [6.45, 7) is 9.25. The Morgan fingerprint density at radius 1 is 1.09 bits per heavy atom. The van der Waals surface area contributed by atoms with E-state index in [0.717, 1.165) is 11.1 Å². The second kappa shape index (κ2) is 11.8. The minimum atomic E-state index is -3.50. The summed E-state index contributed by atoms with van der Waals surface area (Å²) in [6.07, 6.45) is 1.34. The molecule has 1 aliphatic rings. The van der Waals surface area contributed by atoms with E-state index in [9.17, 15) is 18.0 Å². The van der Waals surface area contributed by atoms with Crippen molar-refractivity contribution in [1.82, 2.24) is 19.0 Å². The lowest BCUT2D eigenvalue weighted by atomic mass is 10.0. The van der Waals surface area contributed by atoms with Crippen molar-refractivity contribution in [1.29, 1.82) is 0 Å². The fourth-order valence-corrected chi connectivity index (χ4v) is 5.27. The molecule has 0 spiro atoms. The van der Waals surface area contributed by atoms with Crippen molar-refractivity contribution in [3.05, 3.63) is 35.4 Å². The van der Waals surface area contributed by atoms with Crippen LogP contribution in [0.5, 0.6) is 0 Å². The Morgan fingerprint density at radius 2 is 1.67 bits per heavy atom. The highest BCUT2D eigenvalue weighted by atomic mass is 32.2. The van der Waals surface area contributed by atoms with Crippen molar-refractivity contribution in [2.45, 2.75) is 53.1 Å². The molecule has 1 aromatic carbocycles. The van der Waals surface area contributed by atoms with Crippen LogP contribution in [0.1, 0.15) is 44.7 Å². The summed E-state index contributed by atoms with van der Waals surface area (Å²) < 4.78 is 26.6. The Kier molecular flexibility index (Phi) is 9.72. The predicted molar refractivity (Wildman–Crippen MR) is 131 cm³/mol. The fourth-order valence-electron chi connectivity index (χ4n) is 4.07. The molecule has 0 bridgehead atoms. The Hall–Kier alpha value is -2.13. The number of piperidine rings is 1. The Balaban J connectivity index is 2.23. The minimum Gasteiger partial charge on any atom is -0.334 e. The average molecular weight is 481 g/mol. The van der Waals surface area contributed by atoms with Gasteiger partial charge in [0.1, 0.15) is 0 Å². The third-order valence-electron chi connectivity index (χ3n) is 5.99. The molecule has 1 aromatic rings. The van der Waals surface area contributed by atoms with Crippen LogP contribution in [-0.2, 0) is 21.4 Å². The standard InChI is InChI=1S/C24H40N4O4S/c1-7-33(31,32)27(16-19(2)3)18-23(29)28(17-21-10-8-20(4)9-11-21)22-12-14-26(15-13-22)24(30)25(5)6/h8-11,19,22H,7,12-18H2,1-6H3. The summed E-state index contributed by atoms with van der Waals surface area (Å²) in [5.41, 5.74) is 2.15. The molecule has 0 saturated carbocycles. The van der Waals surface area contributed by atoms with Gasteiger partial charge >= 0.3 is 6.03 Å². The normalized spacial score (nSPS) is 15.2. The van der Waals surface area contributed by atoms with Gasteiger partial charge in [0.15, 0.2) is 0 Å². The molecule has 0 radical (unpaired) electrons. The van der Waals surface area contributed by atoms with Gasteiger partial charge in [-0.05, 0) is 38.2 Å². The quantitative estimate of drug-likeness (QED) is 0.544. The average Bonchev–Trinajstić information content (AvgIpc) is 2.77. The molecule has 3 amide bonds. The molecular formula is C24H40N4O4S. The molecule has 9 heteroatoms. The zero-order valence-electron chi connectivity index (χ0n) is 21.0. The van der Waals surface area contributed by atoms with Crippen molar-refractivity contribution >= 4 is 22.0 Å². The molecule has 8 nitrogen and oxygen atoms in total. The van der Waals surface area contributed by atoms with Gasteiger partial charge in [0.05, 0.1) is 12.3 Å². The Labute approximate surface area is 199 Å². The van der Waals surface area contributed by atoms with Gasteiger partial charge in [0.2, 0.25) is 15.9 Å². The largest absolute Gasteiger partial charge is 0.334 e. The van der Waals surface area contributed by atoms with Crippen molar-refractivity contribution in [2.24, 2.45) is 5.92 Å². The summed E-state index contributed by atoms with van der Waals surface area (Å²) >= 11 is 0. The number of hydrogen-bond acceptors (Lipinski definition) is 4. The van der Waals surface area contributed by atoms with Crippen LogP contribution in [-0.4, -0.2) is 91.4 Å². The maximum Gasteiger partial charge on any atom is 0.319 e. The molecule has 0 unspecified atom stereocenters. The lowest BCUT2D eigenvalue weighted by Gasteiger charge is -2.40. The van der Waals surface area contributed by atoms with Crippen LogP contribution in [0.2, 0.25) is 0 Å². The number of carbonyl (C=O) groups excluding carboxylic acids is 2. The molecule has 186 valence electrons. The number of carbonyl (C=O) groups is 2. The van der Waals surface area contributed by atoms with E-state index in [1.165, 1.54) is 4.31 Å². The van der Waals surface area contributed by atoms with E-state index in [2.05, 4.69) is 0 Å². The third kappa shape index (κ3) is 7.71. The monoisotopic (exact) mass is 480 g/mol. The zero-order valence-corrected chi connectivity index (χ0v) is 21.8. The van der Waals surface area contributed by atoms with Gasteiger partial charge in [0, 0.05) is 46.3 Å². The third-order valence-corrected chi connectivity index (χ3v) is 7.79. The summed E-state index contributed by atoms with van der Waals surface area (Å²) in [5, 5.41) is 0. The van der Waals surface area contributed by atoms with E-state index < -0.39 is 10.0 Å². The van der Waals surface area contributed by atoms with Gasteiger partial charge in [-0.2, -0.15) is 4.31 Å². The van der Waals surface area contributed by atoms with Gasteiger partial charge in [-0.25, -0.2) is 13.2 Å². The van der Waals surface area contributed by atoms with Gasteiger partial charge in [-0.1, -0.05) is 43.7 Å². The highest BCUT2D eigenvalue weighted by Gasteiger charge is 2.33. The number of nitrogens with zero attached hydrogens (tertiary/aromatic N) is 4. The van der Waals surface area contributed by atoms with Crippen molar-refractivity contribution in [2.75, 3.05) is 46.0 Å². The highest BCUT2D eigenvalue weighted by Crippen LogP contribution is 2.21. The molecular weight excluding hydrogens is 440 g/mol. The van der Waals surface area contributed by atoms with Crippen LogP contribution in [0.4, 0.5) is 4.79 Å². The summed E-state index contributed by atoms with van der Waals surface area (Å²) in [6, 6.07) is 7.98. The van der Waals surface area contributed by atoms with Gasteiger partial charge in [-0.3, -0.25) is 4.79 Å². The fraction of sp³-hybridized carbons (Fsp3) is 0.667. The lowest BCUT2D eigenvalue weighted by Crippen LogP contribution is -2.52. The molecule has 1 saturated heterocycles. The number of sulfonamides is 1. The number of benzene rings is 1. The SMILES string of the molecule is CCS(=O)(=O)N(CC(=O)N(Cc1ccc(C)cc1)C1CCN(C(=O)N(C)C)CC1)CC(C)C. The Morgan fingerprint density at radius 3 is 2.15 bits per heavy atom. The molecule has 0 atom stereocenters. The van der Waals surface area contributed by atoms with Crippen molar-refractivity contribution in [3.8, 4) is 0 Å². The number of amides is 3. The summed E-state index contributed by atoms with van der Waals surface area (Å²) in [4.78, 5) is 31.0. The van der Waals surface area contributed by atoms with E-state index in [1.807, 2.05) is 49.9 Å². The first kappa shape index (κ1) is 27.1. The summed E-state index contributed by atoms with van der Waals surface area (Å²) in [5.74, 6) is -0.105. The van der Waals surface area contributed by atoms with Gasteiger partial charge < -0.3 is 14.7 Å². The first-order chi connectivity index (χ1) is 15.4. The van der Waals surface area contributed by atoms with Gasteiger partial charge in [-0.15, -0.1) is 0 Å². The molecule has 1 fully saturated rings. The second-order valence-electron chi connectivity index (χ2n) is 9.49. The van der Waals surface area contributed by atoms with E-state index in [1.54, 1.807) is 30.8 Å². The van der Waals surface area contributed by atoms with Crippen LogP contribution in [0.25, 0.3) is 0 Å². The van der Waals surface area contributed by atoms with E-state index in [-0.39, 0.29) is 36.2 Å². The summed E-state index contributed by atoms with van der Waals surface area (Å²) in [7, 11) is -0.0248. The van der Waals surface area contributed by atoms with Crippen LogP contribution < -0.4 is 0 Å². The van der Waals surface area contributed by atoms with E-state index in [0.29, 0.717) is 39.0 Å². The molecule has 0 aliphatic carbocycles. The molecule has 1 heterocycles. The van der Waals surface area contributed by atoms with Crippen molar-refractivity contribution < 1.29 is 18.0 Å². The lowest BCUT2D eigenvalue weighted by molar-refractivity contribution is -0.135. The van der Waals surface area contributed by atoms with Crippen LogP contribution in [0.3, 0.4) is 0 Å². The van der Waals surface area contributed by atoms with Crippen LogP contribution in [0.15, 0.2) is 24.3 Å². The number of urea groups is 1. The second-order valence-corrected chi connectivity index (χ2v) is 11.7. The zero-order chi connectivity index (χ0) is 24.8. The van der Waals surface area contributed by atoms with Crippen molar-refractivity contribution in [3.63, 3.8) is 0 Å². The molecule has 0 aromatic heterocycles. The van der Waals surface area contributed by atoms with E-state index in [4.69, 9.17) is 0 Å². The molecule has 33 heavy (non-hydrogen) atoms. The smallest absolute Gasteiger partial charge is 0.319 e. The predicted octanol–water partition coefficient (Wildman–Crippen LogP) is 2.78. The maximum absolute atomic E-state index is 13.5. The van der Waals surface area contributed by atoms with E-state index >= 15 is 0 Å². The minimum absolute atomic E-state index is 0.0259. The van der Waals surface area contributed by atoms with Gasteiger partial charge in [0.25, 0.3) is 0 Å². The topological polar surface area (TPSA) is 81.2 Å². The molecule has 1 aliphatic heterocycles. The number of hydrogen-bond donors (Lipinski definition) is 0. The molecule has 0 N–H and O–H groups in total. The maximum atomic E-state index is 13.5.